The molecule has 0 saturated carbocycles. The highest BCUT2D eigenvalue weighted by Crippen LogP contribution is 2.50. The Labute approximate surface area is 217 Å². The van der Waals surface area contributed by atoms with Crippen LogP contribution in [0.5, 0.6) is 5.75 Å². The van der Waals surface area contributed by atoms with E-state index < -0.39 is 0 Å². The van der Waals surface area contributed by atoms with Crippen molar-refractivity contribution in [2.45, 2.75) is 31.7 Å². The van der Waals surface area contributed by atoms with E-state index in [-0.39, 0.29) is 17.9 Å². The van der Waals surface area contributed by atoms with Crippen LogP contribution in [0.25, 0.3) is 0 Å². The first-order valence-electron chi connectivity index (χ1n) is 12.4. The highest BCUT2D eigenvalue weighted by Gasteiger charge is 2.37. The van der Waals surface area contributed by atoms with Crippen LogP contribution in [0, 0.1) is 6.92 Å². The van der Waals surface area contributed by atoms with Gasteiger partial charge in [0.2, 0.25) is 5.91 Å². The van der Waals surface area contributed by atoms with Gasteiger partial charge in [-0.15, -0.1) is 0 Å². The summed E-state index contributed by atoms with van der Waals surface area (Å²) in [5.74, 6) is 1.29. The van der Waals surface area contributed by atoms with Crippen molar-refractivity contribution in [1.82, 2.24) is 9.88 Å². The van der Waals surface area contributed by atoms with Crippen LogP contribution in [0.4, 0.5) is 11.5 Å². The number of ether oxygens (including phenoxy) is 1. The summed E-state index contributed by atoms with van der Waals surface area (Å²) in [4.78, 5) is 19.0. The van der Waals surface area contributed by atoms with E-state index >= 15 is 0 Å². The number of anilines is 2. The summed E-state index contributed by atoms with van der Waals surface area (Å²) in [5, 5.41) is 7.18. The van der Waals surface area contributed by atoms with Gasteiger partial charge in [0.05, 0.1) is 6.04 Å². The Morgan fingerprint density at radius 2 is 2.06 bits per heavy atom. The lowest BCUT2D eigenvalue weighted by Crippen LogP contribution is -2.25. The summed E-state index contributed by atoms with van der Waals surface area (Å²) in [5.41, 5.74) is 4.80. The van der Waals surface area contributed by atoms with Gasteiger partial charge in [-0.05, 0) is 79.9 Å². The van der Waals surface area contributed by atoms with Gasteiger partial charge in [0, 0.05) is 34.9 Å². The first-order valence-corrected chi connectivity index (χ1v) is 12.8. The van der Waals surface area contributed by atoms with E-state index in [0.29, 0.717) is 11.6 Å². The molecule has 6 nitrogen and oxygen atoms in total. The number of halogens is 1. The van der Waals surface area contributed by atoms with Gasteiger partial charge in [0.15, 0.2) is 0 Å². The van der Waals surface area contributed by atoms with Crippen molar-refractivity contribution in [1.29, 1.82) is 0 Å². The van der Waals surface area contributed by atoms with Crippen molar-refractivity contribution in [3.63, 3.8) is 0 Å². The molecule has 2 aliphatic rings. The third kappa shape index (κ3) is 5.11. The molecule has 2 aliphatic heterocycles. The first-order chi connectivity index (χ1) is 17.5. The maximum atomic E-state index is 12.0. The summed E-state index contributed by atoms with van der Waals surface area (Å²) in [7, 11) is 0. The molecular formula is C29H31ClN4O2. The lowest BCUT2D eigenvalue weighted by atomic mass is 9.84. The molecule has 2 aromatic carbocycles. The van der Waals surface area contributed by atoms with Gasteiger partial charge >= 0.3 is 0 Å². The van der Waals surface area contributed by atoms with Crippen LogP contribution in [0.2, 0.25) is 5.02 Å². The smallest absolute Gasteiger partial charge is 0.247 e. The molecule has 2 N–H and O–H groups in total. The number of carbonyl (C=O) groups is 1. The fourth-order valence-electron chi connectivity index (χ4n) is 5.14. The lowest BCUT2D eigenvalue weighted by Gasteiger charge is -2.23. The zero-order valence-electron chi connectivity index (χ0n) is 20.5. The van der Waals surface area contributed by atoms with Crippen molar-refractivity contribution in [3.05, 3.63) is 94.7 Å². The molecule has 1 aromatic heterocycles. The second-order valence-electron chi connectivity index (χ2n) is 9.39. The van der Waals surface area contributed by atoms with E-state index in [0.717, 1.165) is 59.1 Å². The van der Waals surface area contributed by atoms with Gasteiger partial charge in [-0.2, -0.15) is 0 Å². The number of fused-ring (bicyclic) bond motifs is 1. The fourth-order valence-corrected chi connectivity index (χ4v) is 5.40. The molecule has 3 heterocycles. The molecule has 0 radical (unpaired) electrons. The average molecular weight is 503 g/mol. The van der Waals surface area contributed by atoms with E-state index in [2.05, 4.69) is 45.3 Å². The second kappa shape index (κ2) is 10.7. The summed E-state index contributed by atoms with van der Waals surface area (Å²) in [6, 6.07) is 16.1. The predicted octanol–water partition coefficient (Wildman–Crippen LogP) is 5.94. The first kappa shape index (κ1) is 24.3. The van der Waals surface area contributed by atoms with Crippen LogP contribution in [-0.4, -0.2) is 42.0 Å². The number of nitrogens with one attached hydrogen (secondary N) is 2. The zero-order chi connectivity index (χ0) is 25.1. The number of hydrogen-bond acceptors (Lipinski definition) is 5. The Morgan fingerprint density at radius 1 is 1.22 bits per heavy atom. The van der Waals surface area contributed by atoms with Crippen LogP contribution >= 0.6 is 11.6 Å². The van der Waals surface area contributed by atoms with Crippen molar-refractivity contribution >= 4 is 29.0 Å². The summed E-state index contributed by atoms with van der Waals surface area (Å²) in [6.45, 7) is 9.48. The van der Waals surface area contributed by atoms with E-state index in [4.69, 9.17) is 16.3 Å². The monoisotopic (exact) mass is 502 g/mol. The summed E-state index contributed by atoms with van der Waals surface area (Å²) >= 11 is 6.71. The second-order valence-corrected chi connectivity index (χ2v) is 9.80. The van der Waals surface area contributed by atoms with E-state index in [1.54, 1.807) is 6.20 Å². The normalized spacial score (nSPS) is 18.9. The number of benzene rings is 2. The largest absolute Gasteiger partial charge is 0.492 e. The third-order valence-corrected chi connectivity index (χ3v) is 7.36. The van der Waals surface area contributed by atoms with E-state index in [1.807, 2.05) is 37.3 Å². The molecule has 2 atom stereocenters. The van der Waals surface area contributed by atoms with Crippen molar-refractivity contribution in [3.8, 4) is 5.75 Å². The molecule has 0 bridgehead atoms. The number of nitrogens with zero attached hydrogens (tertiary/aromatic N) is 2. The molecule has 5 rings (SSSR count). The minimum Gasteiger partial charge on any atom is -0.492 e. The number of likely N-dealkylation sites (tertiary alicyclic amines) is 1. The molecule has 1 saturated heterocycles. The van der Waals surface area contributed by atoms with Crippen LogP contribution in [0.15, 0.2) is 67.4 Å². The van der Waals surface area contributed by atoms with E-state index in [9.17, 15) is 4.79 Å². The minimum absolute atomic E-state index is 0.0963. The fraction of sp³-hybridized carbons (Fsp3) is 0.310. The third-order valence-electron chi connectivity index (χ3n) is 7.03. The standard InChI is InChI=1S/C29H31ClN4O2/c1-3-25(35)32-24-18-20(10-9-19(24)2)26-27-23(30)11-12-31-29(27)33-28(26)21-7-6-8-22(17-21)36-16-15-34-13-4-5-14-34/h3,6-12,17-18,26,28H,1,4-5,13-16H2,2H3,(H,31,33)(H,32,35)/t26-,28?/m1/s1. The van der Waals surface area contributed by atoms with Gasteiger partial charge < -0.3 is 15.4 Å². The Morgan fingerprint density at radius 3 is 2.86 bits per heavy atom. The highest BCUT2D eigenvalue weighted by molar-refractivity contribution is 6.31. The SMILES string of the molecule is C=CC(=O)Nc1cc([C@@H]2c3c(Cl)ccnc3NC2c2cccc(OCCN3CCCC3)c2)ccc1C. The molecule has 0 aliphatic carbocycles. The van der Waals surface area contributed by atoms with E-state index in [1.165, 1.54) is 18.9 Å². The molecule has 186 valence electrons. The number of carbonyl (C=O) groups excluding carboxylic acids is 1. The van der Waals surface area contributed by atoms with Crippen LogP contribution in [-0.2, 0) is 4.79 Å². The van der Waals surface area contributed by atoms with Crippen LogP contribution < -0.4 is 15.4 Å². The van der Waals surface area contributed by atoms with Crippen molar-refractivity contribution in [2.75, 3.05) is 36.9 Å². The lowest BCUT2D eigenvalue weighted by molar-refractivity contribution is -0.111. The molecule has 1 fully saturated rings. The highest BCUT2D eigenvalue weighted by atomic mass is 35.5. The van der Waals surface area contributed by atoms with Crippen molar-refractivity contribution in [2.24, 2.45) is 0 Å². The molecule has 1 unspecified atom stereocenters. The predicted molar refractivity (Wildman–Crippen MR) is 145 cm³/mol. The number of rotatable bonds is 8. The molecular weight excluding hydrogens is 472 g/mol. The summed E-state index contributed by atoms with van der Waals surface area (Å²) in [6.07, 6.45) is 5.55. The Hall–Kier alpha value is -3.35. The molecule has 1 amide bonds. The number of aryl methyl sites for hydroxylation is 1. The average Bonchev–Trinajstić information content (AvgIpc) is 3.54. The Bertz CT molecular complexity index is 1270. The molecule has 3 aromatic rings. The number of hydrogen-bond donors (Lipinski definition) is 2. The Balaban J connectivity index is 1.45. The quantitative estimate of drug-likeness (QED) is 0.373. The van der Waals surface area contributed by atoms with Gasteiger partial charge in [-0.25, -0.2) is 4.98 Å². The topological polar surface area (TPSA) is 66.5 Å². The zero-order valence-corrected chi connectivity index (χ0v) is 21.2. The summed E-state index contributed by atoms with van der Waals surface area (Å²) < 4.78 is 6.13. The number of aromatic nitrogens is 1. The van der Waals surface area contributed by atoms with Gasteiger partial charge in [0.25, 0.3) is 0 Å². The van der Waals surface area contributed by atoms with Gasteiger partial charge in [-0.1, -0.05) is 42.4 Å². The van der Waals surface area contributed by atoms with Gasteiger partial charge in [-0.3, -0.25) is 9.69 Å². The maximum absolute atomic E-state index is 12.0. The van der Waals surface area contributed by atoms with Gasteiger partial charge in [0.1, 0.15) is 18.2 Å². The molecule has 36 heavy (non-hydrogen) atoms. The van der Waals surface area contributed by atoms with Crippen molar-refractivity contribution < 1.29 is 9.53 Å². The Kier molecular flexibility index (Phi) is 7.25. The number of pyridine rings is 1. The molecule has 0 spiro atoms. The molecule has 7 heteroatoms. The number of amides is 1. The van der Waals surface area contributed by atoms with Crippen LogP contribution in [0.3, 0.4) is 0 Å². The minimum atomic E-state index is -0.241. The maximum Gasteiger partial charge on any atom is 0.247 e. The van der Waals surface area contributed by atoms with Crippen LogP contribution in [0.1, 0.15) is 47.1 Å².